The van der Waals surface area contributed by atoms with Crippen LogP contribution in [-0.4, -0.2) is 21.0 Å². The molecule has 2 N–H and O–H groups in total. The smallest absolute Gasteiger partial charge is 0.331 e. The normalized spacial score (nSPS) is 12.1. The highest BCUT2D eigenvalue weighted by atomic mass is 32.1. The Morgan fingerprint density at radius 3 is 2.89 bits per heavy atom. The van der Waals surface area contributed by atoms with Crippen molar-refractivity contribution < 1.29 is 9.90 Å². The van der Waals surface area contributed by atoms with E-state index in [2.05, 4.69) is 15.3 Å². The van der Waals surface area contributed by atoms with Crippen LogP contribution in [0.4, 0.5) is 5.82 Å². The number of nitrogens with one attached hydrogen (secondary N) is 1. The zero-order valence-electron chi connectivity index (χ0n) is 10.0. The van der Waals surface area contributed by atoms with Gasteiger partial charge in [0.1, 0.15) is 5.82 Å². The molecule has 2 rings (SSSR count). The van der Waals surface area contributed by atoms with E-state index in [1.165, 1.54) is 11.3 Å². The summed E-state index contributed by atoms with van der Waals surface area (Å²) in [7, 11) is 0. The molecule has 0 aliphatic heterocycles. The SMILES string of the molecule is Cc1cnc(C)c(NC(C(=O)O)c2cccs2)n1. The van der Waals surface area contributed by atoms with Gasteiger partial charge in [-0.05, 0) is 25.3 Å². The third-order valence-corrected chi connectivity index (χ3v) is 3.37. The van der Waals surface area contributed by atoms with Gasteiger partial charge in [-0.3, -0.25) is 4.98 Å². The number of aryl methyl sites for hydroxylation is 2. The average molecular weight is 263 g/mol. The number of nitrogens with zero attached hydrogens (tertiary/aromatic N) is 2. The van der Waals surface area contributed by atoms with Crippen molar-refractivity contribution >= 4 is 23.1 Å². The number of hydrogen-bond donors (Lipinski definition) is 2. The zero-order valence-corrected chi connectivity index (χ0v) is 10.9. The first-order valence-corrected chi connectivity index (χ1v) is 6.29. The Morgan fingerprint density at radius 1 is 1.50 bits per heavy atom. The maximum atomic E-state index is 11.3. The average Bonchev–Trinajstić information content (AvgIpc) is 2.83. The molecule has 0 aliphatic carbocycles. The number of anilines is 1. The molecule has 94 valence electrons. The lowest BCUT2D eigenvalue weighted by molar-refractivity contribution is -0.138. The van der Waals surface area contributed by atoms with Crippen LogP contribution < -0.4 is 5.32 Å². The Hall–Kier alpha value is -1.95. The van der Waals surface area contributed by atoms with E-state index < -0.39 is 12.0 Å². The van der Waals surface area contributed by atoms with Crippen LogP contribution in [0.15, 0.2) is 23.7 Å². The van der Waals surface area contributed by atoms with Crippen LogP contribution in [0.25, 0.3) is 0 Å². The lowest BCUT2D eigenvalue weighted by Crippen LogP contribution is -2.21. The Morgan fingerprint density at radius 2 is 2.28 bits per heavy atom. The summed E-state index contributed by atoms with van der Waals surface area (Å²) in [6.07, 6.45) is 1.65. The molecule has 6 heteroatoms. The molecule has 2 aromatic heterocycles. The summed E-state index contributed by atoms with van der Waals surface area (Å²) in [6.45, 7) is 3.61. The molecule has 0 amide bonds. The zero-order chi connectivity index (χ0) is 13.1. The topological polar surface area (TPSA) is 75.1 Å². The predicted octanol–water partition coefficient (Wildman–Crippen LogP) is 2.39. The third-order valence-electron chi connectivity index (χ3n) is 2.43. The van der Waals surface area contributed by atoms with Gasteiger partial charge in [0.05, 0.1) is 11.4 Å². The molecular weight excluding hydrogens is 250 g/mol. The number of aliphatic carboxylic acids is 1. The molecule has 0 fully saturated rings. The number of carboxylic acids is 1. The van der Waals surface area contributed by atoms with Crippen LogP contribution in [0.1, 0.15) is 22.3 Å². The highest BCUT2D eigenvalue weighted by molar-refractivity contribution is 7.10. The summed E-state index contributed by atoms with van der Waals surface area (Å²) in [5.41, 5.74) is 1.43. The first-order chi connectivity index (χ1) is 8.58. The summed E-state index contributed by atoms with van der Waals surface area (Å²) in [5, 5.41) is 14.0. The van der Waals surface area contributed by atoms with Crippen molar-refractivity contribution in [3.05, 3.63) is 40.0 Å². The van der Waals surface area contributed by atoms with Crippen LogP contribution >= 0.6 is 11.3 Å². The molecule has 0 aromatic carbocycles. The molecule has 1 atom stereocenters. The molecule has 0 aliphatic rings. The third kappa shape index (κ3) is 2.65. The van der Waals surface area contributed by atoms with Crippen LogP contribution in [0.5, 0.6) is 0 Å². The summed E-state index contributed by atoms with van der Waals surface area (Å²) < 4.78 is 0. The number of aromatic nitrogens is 2. The molecule has 0 bridgehead atoms. The Balaban J connectivity index is 2.30. The summed E-state index contributed by atoms with van der Waals surface area (Å²) in [6, 6.07) is 2.82. The van der Waals surface area contributed by atoms with Gasteiger partial charge < -0.3 is 10.4 Å². The summed E-state index contributed by atoms with van der Waals surface area (Å²) in [5.74, 6) is -0.420. The second-order valence-electron chi connectivity index (χ2n) is 3.88. The highest BCUT2D eigenvalue weighted by Crippen LogP contribution is 2.24. The largest absolute Gasteiger partial charge is 0.479 e. The maximum absolute atomic E-state index is 11.3. The van der Waals surface area contributed by atoms with Crippen molar-refractivity contribution in [2.75, 3.05) is 5.32 Å². The molecule has 1 unspecified atom stereocenters. The van der Waals surface area contributed by atoms with Crippen molar-refractivity contribution in [1.82, 2.24) is 9.97 Å². The van der Waals surface area contributed by atoms with Gasteiger partial charge in [0.2, 0.25) is 0 Å². The van der Waals surface area contributed by atoms with Crippen molar-refractivity contribution in [3.63, 3.8) is 0 Å². The van der Waals surface area contributed by atoms with E-state index in [0.29, 0.717) is 11.5 Å². The lowest BCUT2D eigenvalue weighted by Gasteiger charge is -2.15. The van der Waals surface area contributed by atoms with Gasteiger partial charge in [-0.2, -0.15) is 0 Å². The molecule has 0 saturated carbocycles. The number of rotatable bonds is 4. The van der Waals surface area contributed by atoms with Crippen LogP contribution in [0.2, 0.25) is 0 Å². The molecule has 2 heterocycles. The van der Waals surface area contributed by atoms with E-state index >= 15 is 0 Å². The van der Waals surface area contributed by atoms with Crippen molar-refractivity contribution in [1.29, 1.82) is 0 Å². The standard InChI is InChI=1S/C12H13N3O2S/c1-7-6-13-8(2)11(14-7)15-10(12(16)17)9-4-3-5-18-9/h3-6,10H,1-2H3,(H,14,15)(H,16,17). The fourth-order valence-electron chi connectivity index (χ4n) is 1.52. The van der Waals surface area contributed by atoms with E-state index in [9.17, 15) is 9.90 Å². The highest BCUT2D eigenvalue weighted by Gasteiger charge is 2.22. The first-order valence-electron chi connectivity index (χ1n) is 5.41. The van der Waals surface area contributed by atoms with Crippen LogP contribution in [0.3, 0.4) is 0 Å². The summed E-state index contributed by atoms with van der Waals surface area (Å²) >= 11 is 1.40. The van der Waals surface area contributed by atoms with Crippen molar-refractivity contribution in [2.24, 2.45) is 0 Å². The predicted molar refractivity (Wildman–Crippen MR) is 69.8 cm³/mol. The molecule has 5 nitrogen and oxygen atoms in total. The van der Waals surface area contributed by atoms with Gasteiger partial charge in [0.25, 0.3) is 0 Å². The fraction of sp³-hybridized carbons (Fsp3) is 0.250. The Bertz CT molecular complexity index is 554. The monoisotopic (exact) mass is 263 g/mol. The van der Waals surface area contributed by atoms with Crippen LogP contribution in [-0.2, 0) is 4.79 Å². The van der Waals surface area contributed by atoms with E-state index in [4.69, 9.17) is 0 Å². The minimum absolute atomic E-state index is 0.510. The molecule has 18 heavy (non-hydrogen) atoms. The van der Waals surface area contributed by atoms with E-state index in [-0.39, 0.29) is 0 Å². The second kappa shape index (κ2) is 5.14. The van der Waals surface area contributed by atoms with E-state index in [1.807, 2.05) is 18.4 Å². The first kappa shape index (κ1) is 12.5. The van der Waals surface area contributed by atoms with Crippen LogP contribution in [0, 0.1) is 13.8 Å². The number of carboxylic acid groups (broad SMARTS) is 1. The van der Waals surface area contributed by atoms with Gasteiger partial charge in [0, 0.05) is 11.1 Å². The molecule has 0 radical (unpaired) electrons. The number of hydrogen-bond acceptors (Lipinski definition) is 5. The van der Waals surface area contributed by atoms with Gasteiger partial charge in [-0.1, -0.05) is 6.07 Å². The molecule has 2 aromatic rings. The van der Waals surface area contributed by atoms with Crippen molar-refractivity contribution in [2.45, 2.75) is 19.9 Å². The van der Waals surface area contributed by atoms with Gasteiger partial charge >= 0.3 is 5.97 Å². The molecular formula is C12H13N3O2S. The Kier molecular flexibility index (Phi) is 3.57. The summed E-state index contributed by atoms with van der Waals surface area (Å²) in [4.78, 5) is 20.5. The van der Waals surface area contributed by atoms with Gasteiger partial charge in [-0.25, -0.2) is 9.78 Å². The maximum Gasteiger partial charge on any atom is 0.331 e. The minimum atomic E-state index is -0.930. The van der Waals surface area contributed by atoms with Crippen molar-refractivity contribution in [3.8, 4) is 0 Å². The molecule has 0 spiro atoms. The second-order valence-corrected chi connectivity index (χ2v) is 4.86. The van der Waals surface area contributed by atoms with Gasteiger partial charge in [-0.15, -0.1) is 11.3 Å². The van der Waals surface area contributed by atoms with E-state index in [0.717, 1.165) is 10.6 Å². The lowest BCUT2D eigenvalue weighted by atomic mass is 10.2. The number of thiophene rings is 1. The fourth-order valence-corrected chi connectivity index (χ4v) is 2.29. The van der Waals surface area contributed by atoms with Gasteiger partial charge in [0.15, 0.2) is 6.04 Å². The number of carbonyl (C=O) groups is 1. The minimum Gasteiger partial charge on any atom is -0.479 e. The quantitative estimate of drug-likeness (QED) is 0.886. The molecule has 0 saturated heterocycles. The Labute approximate surface area is 109 Å². The van der Waals surface area contributed by atoms with E-state index in [1.54, 1.807) is 19.2 Å².